The average molecular weight is 474 g/mol. The zero-order chi connectivity index (χ0) is 22.9. The highest BCUT2D eigenvalue weighted by atomic mass is 35.5. The number of halogens is 4. The normalized spacial score (nSPS) is 11.5. The molecule has 2 N–H and O–H groups in total. The lowest BCUT2D eigenvalue weighted by atomic mass is 10.0. The predicted octanol–water partition coefficient (Wildman–Crippen LogP) is 3.98. The second-order valence-electron chi connectivity index (χ2n) is 6.67. The summed E-state index contributed by atoms with van der Waals surface area (Å²) in [5, 5.41) is 24.4. The van der Waals surface area contributed by atoms with Gasteiger partial charge in [-0.1, -0.05) is 29.3 Å². The minimum atomic E-state index is -3.04. The highest BCUT2D eigenvalue weighted by Gasteiger charge is 2.23. The van der Waals surface area contributed by atoms with Gasteiger partial charge in [0.05, 0.1) is 33.5 Å². The van der Waals surface area contributed by atoms with Gasteiger partial charge < -0.3 is 19.5 Å². The maximum atomic E-state index is 12.8. The van der Waals surface area contributed by atoms with Crippen LogP contribution >= 0.6 is 23.2 Å². The Balaban J connectivity index is 2.23. The first kappa shape index (κ1) is 23.2. The molecule has 0 aliphatic carbocycles. The molecule has 7 nitrogen and oxygen atoms in total. The van der Waals surface area contributed by atoms with E-state index in [1.807, 2.05) is 0 Å². The van der Waals surface area contributed by atoms with E-state index in [0.717, 1.165) is 0 Å². The second kappa shape index (κ2) is 9.35. The number of aryl methyl sites for hydroxylation is 1. The number of aliphatic hydroxyl groups excluding tert-OH is 1. The molecular formula is C20H19Cl2F2N3O4. The lowest BCUT2D eigenvalue weighted by Gasteiger charge is -2.22. The highest BCUT2D eigenvalue weighted by Crippen LogP contribution is 2.32. The van der Waals surface area contributed by atoms with Gasteiger partial charge in [0, 0.05) is 29.9 Å². The van der Waals surface area contributed by atoms with Crippen molar-refractivity contribution in [3.63, 3.8) is 0 Å². The topological polar surface area (TPSA) is 89.5 Å². The number of aromatic nitrogens is 3. The fraction of sp³-hybridized carbons (Fsp3) is 0.300. The van der Waals surface area contributed by atoms with E-state index in [-0.39, 0.29) is 28.7 Å². The van der Waals surface area contributed by atoms with E-state index in [4.69, 9.17) is 23.2 Å². The highest BCUT2D eigenvalue weighted by molar-refractivity contribution is 6.42. The minimum absolute atomic E-state index is 0.0743. The molecule has 166 valence electrons. The van der Waals surface area contributed by atoms with Gasteiger partial charge in [-0.05, 0) is 26.0 Å². The van der Waals surface area contributed by atoms with E-state index in [9.17, 15) is 23.8 Å². The summed E-state index contributed by atoms with van der Waals surface area (Å²) in [6.07, 6.45) is -2.05. The SMILES string of the molecule is CCn1c(Cn2nc(C)cc2OC(F)F)cc(=O)c(C(O)O)c1-c1ccc(Cl)c(Cl)c1. The number of rotatable bonds is 7. The van der Waals surface area contributed by atoms with Crippen LogP contribution < -0.4 is 10.2 Å². The van der Waals surface area contributed by atoms with Gasteiger partial charge in [0.25, 0.3) is 0 Å². The van der Waals surface area contributed by atoms with Crippen LogP contribution in [0, 0.1) is 6.92 Å². The van der Waals surface area contributed by atoms with Crippen molar-refractivity contribution in [2.75, 3.05) is 0 Å². The predicted molar refractivity (Wildman–Crippen MR) is 112 cm³/mol. The third kappa shape index (κ3) is 4.90. The maximum Gasteiger partial charge on any atom is 0.388 e. The molecule has 0 radical (unpaired) electrons. The van der Waals surface area contributed by atoms with Gasteiger partial charge in [-0.3, -0.25) is 4.79 Å². The standard InChI is InChI=1S/C20H19Cl2F2N3O4/c1-3-26-12(9-27-16(31-20(23)24)6-10(2)25-27)8-15(28)17(19(29)30)18(26)11-4-5-13(21)14(22)7-11/h4-8,19-20,29-30H,3,9H2,1-2H3. The summed E-state index contributed by atoms with van der Waals surface area (Å²) < 4.78 is 32.9. The summed E-state index contributed by atoms with van der Waals surface area (Å²) in [6.45, 7) is 0.606. The Hall–Kier alpha value is -2.46. The molecule has 0 saturated carbocycles. The van der Waals surface area contributed by atoms with E-state index >= 15 is 0 Å². The van der Waals surface area contributed by atoms with Gasteiger partial charge in [-0.15, -0.1) is 0 Å². The van der Waals surface area contributed by atoms with Crippen LogP contribution in [0.2, 0.25) is 10.0 Å². The summed E-state index contributed by atoms with van der Waals surface area (Å²) in [5.74, 6) is -0.162. The van der Waals surface area contributed by atoms with E-state index < -0.39 is 18.3 Å². The van der Waals surface area contributed by atoms with Gasteiger partial charge >= 0.3 is 6.61 Å². The molecule has 2 aromatic heterocycles. The molecule has 31 heavy (non-hydrogen) atoms. The summed E-state index contributed by atoms with van der Waals surface area (Å²) >= 11 is 12.1. The van der Waals surface area contributed by atoms with Crippen molar-refractivity contribution in [2.45, 2.75) is 39.8 Å². The molecule has 0 aliphatic heterocycles. The van der Waals surface area contributed by atoms with Gasteiger partial charge in [-0.2, -0.15) is 13.9 Å². The van der Waals surface area contributed by atoms with Crippen LogP contribution in [0.4, 0.5) is 8.78 Å². The molecule has 0 aliphatic rings. The molecule has 2 heterocycles. The quantitative estimate of drug-likeness (QED) is 0.506. The molecule has 0 fully saturated rings. The van der Waals surface area contributed by atoms with E-state index in [1.165, 1.54) is 28.9 Å². The minimum Gasteiger partial charge on any atom is -0.417 e. The molecule has 0 bridgehead atoms. The van der Waals surface area contributed by atoms with Crippen LogP contribution in [-0.4, -0.2) is 31.2 Å². The van der Waals surface area contributed by atoms with Crippen molar-refractivity contribution < 1.29 is 23.7 Å². The van der Waals surface area contributed by atoms with Crippen molar-refractivity contribution >= 4 is 23.2 Å². The summed E-state index contributed by atoms with van der Waals surface area (Å²) in [6, 6.07) is 7.18. The molecule has 0 amide bonds. The zero-order valence-corrected chi connectivity index (χ0v) is 18.0. The Morgan fingerprint density at radius 1 is 1.16 bits per heavy atom. The molecule has 0 atom stereocenters. The first-order valence-electron chi connectivity index (χ1n) is 9.19. The smallest absolute Gasteiger partial charge is 0.388 e. The average Bonchev–Trinajstić information content (AvgIpc) is 3.01. The number of nitrogens with zero attached hydrogens (tertiary/aromatic N) is 3. The van der Waals surface area contributed by atoms with Crippen molar-refractivity contribution in [1.29, 1.82) is 0 Å². The third-order valence-electron chi connectivity index (χ3n) is 4.59. The van der Waals surface area contributed by atoms with Crippen LogP contribution in [0.5, 0.6) is 5.88 Å². The molecule has 0 unspecified atom stereocenters. The largest absolute Gasteiger partial charge is 0.417 e. The second-order valence-corrected chi connectivity index (χ2v) is 7.48. The summed E-state index contributed by atoms with van der Waals surface area (Å²) in [5.41, 5.74) is 0.604. The zero-order valence-electron chi connectivity index (χ0n) is 16.5. The Labute approximate surface area is 186 Å². The third-order valence-corrected chi connectivity index (χ3v) is 5.33. The molecule has 0 spiro atoms. The summed E-state index contributed by atoms with van der Waals surface area (Å²) in [4.78, 5) is 12.8. The first-order valence-corrected chi connectivity index (χ1v) is 9.95. The Morgan fingerprint density at radius 3 is 2.45 bits per heavy atom. The van der Waals surface area contributed by atoms with Crippen LogP contribution in [0.3, 0.4) is 0 Å². The van der Waals surface area contributed by atoms with Gasteiger partial charge in [0.1, 0.15) is 0 Å². The van der Waals surface area contributed by atoms with Crippen LogP contribution in [0.25, 0.3) is 11.3 Å². The maximum absolute atomic E-state index is 12.8. The Morgan fingerprint density at radius 2 is 1.87 bits per heavy atom. The van der Waals surface area contributed by atoms with Gasteiger partial charge in [-0.25, -0.2) is 4.68 Å². The first-order chi connectivity index (χ1) is 14.6. The lowest BCUT2D eigenvalue weighted by molar-refractivity contribution is -0.0557. The number of aliphatic hydroxyl groups is 2. The number of benzene rings is 1. The van der Waals surface area contributed by atoms with Crippen molar-refractivity contribution in [3.05, 3.63) is 67.6 Å². The fourth-order valence-electron chi connectivity index (χ4n) is 3.38. The summed E-state index contributed by atoms with van der Waals surface area (Å²) in [7, 11) is 0. The molecule has 11 heteroatoms. The number of hydrogen-bond donors (Lipinski definition) is 2. The number of hydrogen-bond acceptors (Lipinski definition) is 5. The number of pyridine rings is 1. The number of ether oxygens (including phenoxy) is 1. The number of alkyl halides is 2. The van der Waals surface area contributed by atoms with Gasteiger partial charge in [0.15, 0.2) is 11.7 Å². The van der Waals surface area contributed by atoms with Crippen molar-refractivity contribution in [2.24, 2.45) is 0 Å². The molecule has 3 rings (SSSR count). The van der Waals surface area contributed by atoms with E-state index in [2.05, 4.69) is 9.84 Å². The van der Waals surface area contributed by atoms with Crippen LogP contribution in [0.15, 0.2) is 35.1 Å². The molecule has 0 saturated heterocycles. The van der Waals surface area contributed by atoms with Crippen LogP contribution in [-0.2, 0) is 13.1 Å². The van der Waals surface area contributed by atoms with Crippen molar-refractivity contribution in [1.82, 2.24) is 14.3 Å². The molecular weight excluding hydrogens is 455 g/mol. The lowest BCUT2D eigenvalue weighted by Crippen LogP contribution is -2.24. The molecule has 1 aromatic carbocycles. The molecule has 3 aromatic rings. The Bertz CT molecular complexity index is 1160. The van der Waals surface area contributed by atoms with E-state index in [0.29, 0.717) is 28.5 Å². The Kier molecular flexibility index (Phi) is 7.00. The monoisotopic (exact) mass is 473 g/mol. The van der Waals surface area contributed by atoms with Crippen molar-refractivity contribution in [3.8, 4) is 17.1 Å². The van der Waals surface area contributed by atoms with Crippen LogP contribution in [0.1, 0.15) is 30.2 Å². The van der Waals surface area contributed by atoms with Gasteiger partial charge in [0.2, 0.25) is 5.88 Å². The fourth-order valence-corrected chi connectivity index (χ4v) is 3.68. The van der Waals surface area contributed by atoms with E-state index in [1.54, 1.807) is 24.5 Å².